The molecule has 0 aromatic rings. The minimum absolute atomic E-state index is 0.0926. The highest BCUT2D eigenvalue weighted by Gasteiger charge is 2.26. The Labute approximate surface area is 66.0 Å². The predicted octanol–water partition coefficient (Wildman–Crippen LogP) is 0.185. The lowest BCUT2D eigenvalue weighted by Crippen LogP contribution is -2.35. The summed E-state index contributed by atoms with van der Waals surface area (Å²) in [4.78, 5) is 16.0. The zero-order valence-electron chi connectivity index (χ0n) is 6.87. The number of rotatable bonds is 2. The smallest absolute Gasteiger partial charge is 0.274 e. The number of nitrogens with zero attached hydrogens (tertiary/aromatic N) is 1. The maximum atomic E-state index is 11.3. The number of amides is 1. The largest absolute Gasteiger partial charge is 0.368 e. The van der Waals surface area contributed by atoms with E-state index in [9.17, 15) is 4.79 Å². The van der Waals surface area contributed by atoms with E-state index >= 15 is 0 Å². The van der Waals surface area contributed by atoms with Crippen LogP contribution in [-0.4, -0.2) is 37.8 Å². The second kappa shape index (κ2) is 3.69. The van der Waals surface area contributed by atoms with Gasteiger partial charge < -0.3 is 4.74 Å². The van der Waals surface area contributed by atoms with Crippen LogP contribution < -0.4 is 0 Å². The Morgan fingerprint density at radius 3 is 2.91 bits per heavy atom. The van der Waals surface area contributed by atoms with Crippen molar-refractivity contribution in [1.29, 1.82) is 0 Å². The number of ether oxygens (including phenoxy) is 1. The molecule has 0 aromatic heterocycles. The van der Waals surface area contributed by atoms with E-state index in [0.717, 1.165) is 12.8 Å². The second-order valence-corrected chi connectivity index (χ2v) is 2.52. The fraction of sp³-hybridized carbons (Fsp3) is 0.857. The minimum Gasteiger partial charge on any atom is -0.368 e. The topological polar surface area (TPSA) is 38.8 Å². The summed E-state index contributed by atoms with van der Waals surface area (Å²) in [5.74, 6) is -0.0926. The zero-order chi connectivity index (χ0) is 8.27. The van der Waals surface area contributed by atoms with E-state index in [0.29, 0.717) is 6.61 Å². The molecule has 1 rings (SSSR count). The van der Waals surface area contributed by atoms with Gasteiger partial charge in [-0.1, -0.05) is 0 Å². The van der Waals surface area contributed by atoms with Gasteiger partial charge in [0.15, 0.2) is 0 Å². The van der Waals surface area contributed by atoms with Crippen molar-refractivity contribution < 1.29 is 14.4 Å². The fourth-order valence-electron chi connectivity index (χ4n) is 1.07. The summed E-state index contributed by atoms with van der Waals surface area (Å²) in [6, 6.07) is 0. The van der Waals surface area contributed by atoms with Crippen molar-refractivity contribution in [2.24, 2.45) is 0 Å². The molecular weight excluding hydrogens is 146 g/mol. The first-order valence-electron chi connectivity index (χ1n) is 3.69. The first kappa shape index (κ1) is 8.49. The summed E-state index contributed by atoms with van der Waals surface area (Å²) in [6.45, 7) is 0.688. The summed E-state index contributed by atoms with van der Waals surface area (Å²) in [5.41, 5.74) is 0. The average Bonchev–Trinajstić information content (AvgIpc) is 2.53. The molecule has 1 aliphatic rings. The molecule has 1 saturated heterocycles. The van der Waals surface area contributed by atoms with Crippen LogP contribution in [0.4, 0.5) is 0 Å². The number of likely N-dealkylation sites (N-methyl/N-ethyl adjacent to an activating group) is 1. The van der Waals surface area contributed by atoms with Crippen LogP contribution in [0.1, 0.15) is 12.8 Å². The number of hydrogen-bond acceptors (Lipinski definition) is 3. The molecule has 0 N–H and O–H groups in total. The monoisotopic (exact) mass is 159 g/mol. The molecule has 4 nitrogen and oxygen atoms in total. The van der Waals surface area contributed by atoms with Gasteiger partial charge in [0.1, 0.15) is 6.10 Å². The standard InChI is InChI=1S/C7H13NO3/c1-8(10-2)7(9)6-4-3-5-11-6/h6H,3-5H2,1-2H3/t6-/m0/s1. The maximum absolute atomic E-state index is 11.3. The highest BCUT2D eigenvalue weighted by molar-refractivity contribution is 5.79. The van der Waals surface area contributed by atoms with E-state index in [1.165, 1.54) is 12.2 Å². The van der Waals surface area contributed by atoms with Gasteiger partial charge in [0.2, 0.25) is 0 Å². The Balaban J connectivity index is 2.39. The number of hydrogen-bond donors (Lipinski definition) is 0. The van der Waals surface area contributed by atoms with Gasteiger partial charge in [-0.25, -0.2) is 5.06 Å². The molecule has 1 atom stereocenters. The van der Waals surface area contributed by atoms with Crippen LogP contribution in [0.2, 0.25) is 0 Å². The molecule has 0 saturated carbocycles. The molecule has 64 valence electrons. The van der Waals surface area contributed by atoms with Crippen molar-refractivity contribution in [2.45, 2.75) is 18.9 Å². The summed E-state index contributed by atoms with van der Waals surface area (Å²) in [7, 11) is 3.05. The quantitative estimate of drug-likeness (QED) is 0.540. The van der Waals surface area contributed by atoms with Crippen molar-refractivity contribution in [2.75, 3.05) is 20.8 Å². The molecule has 11 heavy (non-hydrogen) atoms. The molecule has 0 spiro atoms. The summed E-state index contributed by atoms with van der Waals surface area (Å²) in [6.07, 6.45) is 1.50. The molecule has 4 heteroatoms. The minimum atomic E-state index is -0.278. The number of hydroxylamine groups is 2. The number of carbonyl (C=O) groups is 1. The Kier molecular flexibility index (Phi) is 2.84. The molecule has 1 aliphatic heterocycles. The van der Waals surface area contributed by atoms with Gasteiger partial charge in [0, 0.05) is 13.7 Å². The van der Waals surface area contributed by atoms with Crippen LogP contribution in [0.3, 0.4) is 0 Å². The van der Waals surface area contributed by atoms with Crippen molar-refractivity contribution in [3.05, 3.63) is 0 Å². The van der Waals surface area contributed by atoms with E-state index in [1.54, 1.807) is 7.05 Å². The third-order valence-electron chi connectivity index (χ3n) is 1.79. The molecule has 0 aromatic carbocycles. The van der Waals surface area contributed by atoms with Gasteiger partial charge in [-0.15, -0.1) is 0 Å². The van der Waals surface area contributed by atoms with Gasteiger partial charge in [0.25, 0.3) is 5.91 Å². The molecule has 0 aliphatic carbocycles. The van der Waals surface area contributed by atoms with Crippen LogP contribution in [0.5, 0.6) is 0 Å². The predicted molar refractivity (Wildman–Crippen MR) is 38.8 cm³/mol. The molecule has 0 radical (unpaired) electrons. The van der Waals surface area contributed by atoms with Crippen LogP contribution in [0, 0.1) is 0 Å². The van der Waals surface area contributed by atoms with Crippen LogP contribution >= 0.6 is 0 Å². The zero-order valence-corrected chi connectivity index (χ0v) is 6.87. The first-order valence-corrected chi connectivity index (χ1v) is 3.69. The van der Waals surface area contributed by atoms with Crippen molar-refractivity contribution in [1.82, 2.24) is 5.06 Å². The van der Waals surface area contributed by atoms with E-state index < -0.39 is 0 Å². The van der Waals surface area contributed by atoms with Gasteiger partial charge in [-0.2, -0.15) is 0 Å². The normalized spacial score (nSPS) is 23.6. The SMILES string of the molecule is CON(C)C(=O)[C@@H]1CCCO1. The molecule has 0 bridgehead atoms. The van der Waals surface area contributed by atoms with Gasteiger partial charge >= 0.3 is 0 Å². The summed E-state index contributed by atoms with van der Waals surface area (Å²) < 4.78 is 5.17. The van der Waals surface area contributed by atoms with E-state index in [1.807, 2.05) is 0 Å². The highest BCUT2D eigenvalue weighted by Crippen LogP contribution is 2.13. The van der Waals surface area contributed by atoms with Crippen molar-refractivity contribution in [3.63, 3.8) is 0 Å². The Morgan fingerprint density at radius 2 is 2.45 bits per heavy atom. The van der Waals surface area contributed by atoms with Crippen LogP contribution in [-0.2, 0) is 14.4 Å². The van der Waals surface area contributed by atoms with E-state index in [-0.39, 0.29) is 12.0 Å². The van der Waals surface area contributed by atoms with E-state index in [2.05, 4.69) is 0 Å². The Hall–Kier alpha value is -0.610. The molecule has 1 amide bonds. The van der Waals surface area contributed by atoms with E-state index in [4.69, 9.17) is 9.57 Å². The third-order valence-corrected chi connectivity index (χ3v) is 1.79. The van der Waals surface area contributed by atoms with Gasteiger partial charge in [-0.05, 0) is 12.8 Å². The van der Waals surface area contributed by atoms with Gasteiger partial charge in [-0.3, -0.25) is 9.63 Å². The molecule has 0 unspecified atom stereocenters. The lowest BCUT2D eigenvalue weighted by molar-refractivity contribution is -0.178. The third kappa shape index (κ3) is 1.91. The summed E-state index contributed by atoms with van der Waals surface area (Å²) in [5, 5.41) is 1.20. The Bertz CT molecular complexity index is 143. The summed E-state index contributed by atoms with van der Waals surface area (Å²) >= 11 is 0. The van der Waals surface area contributed by atoms with Gasteiger partial charge in [0.05, 0.1) is 7.11 Å². The lowest BCUT2D eigenvalue weighted by Gasteiger charge is -2.17. The lowest BCUT2D eigenvalue weighted by atomic mass is 10.2. The number of carbonyl (C=O) groups excluding carboxylic acids is 1. The molecule has 1 heterocycles. The van der Waals surface area contributed by atoms with Crippen LogP contribution in [0.25, 0.3) is 0 Å². The fourth-order valence-corrected chi connectivity index (χ4v) is 1.07. The maximum Gasteiger partial charge on any atom is 0.274 e. The second-order valence-electron chi connectivity index (χ2n) is 2.52. The van der Waals surface area contributed by atoms with Crippen molar-refractivity contribution >= 4 is 5.91 Å². The average molecular weight is 159 g/mol. The molecule has 1 fully saturated rings. The van der Waals surface area contributed by atoms with Crippen molar-refractivity contribution in [3.8, 4) is 0 Å². The highest BCUT2D eigenvalue weighted by atomic mass is 16.7. The first-order chi connectivity index (χ1) is 5.25. The molecular formula is C7H13NO3. The Morgan fingerprint density at radius 1 is 1.73 bits per heavy atom. The van der Waals surface area contributed by atoms with Crippen LogP contribution in [0.15, 0.2) is 0 Å².